The van der Waals surface area contributed by atoms with E-state index >= 15 is 0 Å². The topological polar surface area (TPSA) is 94.8 Å². The molecule has 3 aromatic carbocycles. The first-order chi connectivity index (χ1) is 13.5. The van der Waals surface area contributed by atoms with Crippen LogP contribution in [0.1, 0.15) is 0 Å². The van der Waals surface area contributed by atoms with Crippen LogP contribution in [0.5, 0.6) is 0 Å². The minimum Gasteiger partial charge on any atom is -0.357 e. The van der Waals surface area contributed by atoms with Gasteiger partial charge in [-0.3, -0.25) is 9.52 Å². The fraction of sp³-hybridized carbons (Fsp3) is 0. The zero-order chi connectivity index (χ0) is 19.3. The maximum Gasteiger partial charge on any atom is 0.272 e. The minimum atomic E-state index is -3.75. The van der Waals surface area contributed by atoms with E-state index in [2.05, 4.69) is 14.7 Å². The van der Waals surface area contributed by atoms with Crippen LogP contribution in [0.15, 0.2) is 82.6 Å². The molecule has 28 heavy (non-hydrogen) atoms. The molecular weight excluding hydrogens is 374 g/mol. The van der Waals surface area contributed by atoms with Gasteiger partial charge in [0.1, 0.15) is 5.52 Å². The monoisotopic (exact) mass is 389 g/mol. The largest absolute Gasteiger partial charge is 0.357 e. The number of fused-ring (bicyclic) bond motifs is 4. The lowest BCUT2D eigenvalue weighted by atomic mass is 10.1. The molecule has 0 saturated heterocycles. The summed E-state index contributed by atoms with van der Waals surface area (Å²) in [5, 5.41) is 3.33. The molecule has 0 bridgehead atoms. The van der Waals surface area contributed by atoms with Gasteiger partial charge in [0.05, 0.1) is 4.90 Å². The Kier molecular flexibility index (Phi) is 3.53. The van der Waals surface area contributed by atoms with Crippen molar-refractivity contribution in [3.05, 3.63) is 83.3 Å². The smallest absolute Gasteiger partial charge is 0.272 e. The van der Waals surface area contributed by atoms with Crippen molar-refractivity contribution in [3.8, 4) is 0 Å². The van der Waals surface area contributed by atoms with Crippen LogP contribution in [-0.4, -0.2) is 18.4 Å². The number of benzene rings is 3. The van der Waals surface area contributed by atoms with Crippen molar-refractivity contribution in [3.63, 3.8) is 0 Å². The second-order valence-electron chi connectivity index (χ2n) is 6.60. The Morgan fingerprint density at radius 1 is 0.821 bits per heavy atom. The predicted octanol–water partition coefficient (Wildman–Crippen LogP) is 3.96. The molecule has 3 N–H and O–H groups in total. The van der Waals surface area contributed by atoms with Gasteiger partial charge < -0.3 is 9.97 Å². The van der Waals surface area contributed by atoms with Gasteiger partial charge in [0, 0.05) is 28.2 Å². The van der Waals surface area contributed by atoms with Crippen LogP contribution in [0, 0.1) is 0 Å². The van der Waals surface area contributed by atoms with Crippen molar-refractivity contribution in [2.75, 3.05) is 4.72 Å². The first kappa shape index (κ1) is 16.6. The van der Waals surface area contributed by atoms with Gasteiger partial charge in [-0.05, 0) is 47.2 Å². The van der Waals surface area contributed by atoms with Crippen LogP contribution >= 0.6 is 0 Å². The molecule has 0 spiro atoms. The molecule has 0 aliphatic heterocycles. The summed E-state index contributed by atoms with van der Waals surface area (Å²) in [6, 6.07) is 19.5. The van der Waals surface area contributed by atoms with E-state index in [0.29, 0.717) is 16.7 Å². The van der Waals surface area contributed by atoms with Crippen LogP contribution in [0.2, 0.25) is 0 Å². The number of H-pyrrole nitrogens is 2. The Morgan fingerprint density at radius 3 is 2.50 bits per heavy atom. The third-order valence-electron chi connectivity index (χ3n) is 4.82. The van der Waals surface area contributed by atoms with Gasteiger partial charge in [0.15, 0.2) is 0 Å². The molecule has 5 rings (SSSR count). The number of hydrogen-bond donors (Lipinski definition) is 3. The van der Waals surface area contributed by atoms with Crippen molar-refractivity contribution in [1.29, 1.82) is 0 Å². The van der Waals surface area contributed by atoms with Gasteiger partial charge in [0.2, 0.25) is 0 Å². The van der Waals surface area contributed by atoms with Gasteiger partial charge in [-0.15, -0.1) is 0 Å². The maximum atomic E-state index is 12.9. The normalized spacial score (nSPS) is 12.0. The number of hydrogen-bond acceptors (Lipinski definition) is 3. The van der Waals surface area contributed by atoms with E-state index in [1.54, 1.807) is 48.7 Å². The van der Waals surface area contributed by atoms with Crippen LogP contribution in [-0.2, 0) is 10.0 Å². The highest BCUT2D eigenvalue weighted by atomic mass is 32.2. The predicted molar refractivity (Wildman–Crippen MR) is 111 cm³/mol. The van der Waals surface area contributed by atoms with Crippen molar-refractivity contribution in [1.82, 2.24) is 9.97 Å². The SMILES string of the molecule is O=c1[nH]c2ccc(NS(=O)(=O)c3ccc4ccccc4c3)cc2c2cc[nH]c12. The molecule has 2 heterocycles. The van der Waals surface area contributed by atoms with Crippen LogP contribution in [0.3, 0.4) is 0 Å². The molecule has 138 valence electrons. The molecule has 0 amide bonds. The zero-order valence-corrected chi connectivity index (χ0v) is 15.4. The quantitative estimate of drug-likeness (QED) is 0.436. The van der Waals surface area contributed by atoms with Crippen LogP contribution in [0.4, 0.5) is 5.69 Å². The summed E-state index contributed by atoms with van der Waals surface area (Å²) in [6.07, 6.45) is 1.69. The third-order valence-corrected chi connectivity index (χ3v) is 6.19. The highest BCUT2D eigenvalue weighted by Gasteiger charge is 2.15. The number of pyridine rings is 1. The summed E-state index contributed by atoms with van der Waals surface area (Å²) < 4.78 is 28.4. The Labute approximate surface area is 159 Å². The summed E-state index contributed by atoms with van der Waals surface area (Å²) in [5.74, 6) is 0. The van der Waals surface area contributed by atoms with E-state index in [1.807, 2.05) is 24.3 Å². The van der Waals surface area contributed by atoms with Crippen molar-refractivity contribution >= 4 is 48.3 Å². The van der Waals surface area contributed by atoms with E-state index in [0.717, 1.165) is 21.5 Å². The first-order valence-corrected chi connectivity index (χ1v) is 10.1. The summed E-state index contributed by atoms with van der Waals surface area (Å²) in [7, 11) is -3.75. The van der Waals surface area contributed by atoms with Gasteiger partial charge in [0.25, 0.3) is 15.6 Å². The Hall–Kier alpha value is -3.58. The number of nitrogens with one attached hydrogen (secondary N) is 3. The second-order valence-corrected chi connectivity index (χ2v) is 8.28. The number of rotatable bonds is 3. The molecule has 0 fully saturated rings. The maximum absolute atomic E-state index is 12.9. The van der Waals surface area contributed by atoms with Crippen molar-refractivity contribution in [2.24, 2.45) is 0 Å². The molecule has 5 aromatic rings. The molecule has 0 saturated carbocycles. The fourth-order valence-electron chi connectivity index (χ4n) is 3.45. The number of aromatic nitrogens is 2. The number of aromatic amines is 2. The molecule has 7 heteroatoms. The molecule has 0 atom stereocenters. The van der Waals surface area contributed by atoms with E-state index in [4.69, 9.17) is 0 Å². The standard InChI is InChI=1S/C21H15N3O3S/c25-21-20-17(9-10-22-20)18-12-15(6-8-19(18)23-21)24-28(26,27)16-7-5-13-3-1-2-4-14(13)11-16/h1-12,22,24H,(H,23,25). The summed E-state index contributed by atoms with van der Waals surface area (Å²) in [6.45, 7) is 0. The molecule has 2 aromatic heterocycles. The Morgan fingerprint density at radius 2 is 1.64 bits per heavy atom. The first-order valence-electron chi connectivity index (χ1n) is 8.66. The lowest BCUT2D eigenvalue weighted by molar-refractivity contribution is 0.601. The molecule has 0 radical (unpaired) electrons. The summed E-state index contributed by atoms with van der Waals surface area (Å²) in [4.78, 5) is 18.0. The average molecular weight is 389 g/mol. The third kappa shape index (κ3) is 2.64. The minimum absolute atomic E-state index is 0.194. The highest BCUT2D eigenvalue weighted by Crippen LogP contribution is 2.26. The zero-order valence-electron chi connectivity index (χ0n) is 14.6. The van der Waals surface area contributed by atoms with Crippen molar-refractivity contribution in [2.45, 2.75) is 4.90 Å². The van der Waals surface area contributed by atoms with Gasteiger partial charge in [-0.1, -0.05) is 30.3 Å². The Balaban J connectivity index is 1.59. The number of anilines is 1. The van der Waals surface area contributed by atoms with E-state index in [-0.39, 0.29) is 10.5 Å². The van der Waals surface area contributed by atoms with Gasteiger partial charge in [-0.25, -0.2) is 8.42 Å². The molecule has 6 nitrogen and oxygen atoms in total. The van der Waals surface area contributed by atoms with Crippen LogP contribution in [0.25, 0.3) is 32.6 Å². The van der Waals surface area contributed by atoms with E-state index in [9.17, 15) is 13.2 Å². The lowest BCUT2D eigenvalue weighted by Gasteiger charge is -2.10. The molecular formula is C21H15N3O3S. The fourth-order valence-corrected chi connectivity index (χ4v) is 4.54. The van der Waals surface area contributed by atoms with Gasteiger partial charge in [-0.2, -0.15) is 0 Å². The molecule has 0 unspecified atom stereocenters. The average Bonchev–Trinajstić information content (AvgIpc) is 3.19. The van der Waals surface area contributed by atoms with E-state index in [1.165, 1.54) is 0 Å². The second kappa shape index (κ2) is 5.97. The van der Waals surface area contributed by atoms with Crippen LogP contribution < -0.4 is 10.3 Å². The highest BCUT2D eigenvalue weighted by molar-refractivity contribution is 7.92. The Bertz CT molecular complexity index is 1530. The molecule has 0 aliphatic rings. The molecule has 0 aliphatic carbocycles. The lowest BCUT2D eigenvalue weighted by Crippen LogP contribution is -2.13. The number of sulfonamides is 1. The van der Waals surface area contributed by atoms with E-state index < -0.39 is 10.0 Å². The van der Waals surface area contributed by atoms with Gasteiger partial charge >= 0.3 is 0 Å². The van der Waals surface area contributed by atoms with Crippen molar-refractivity contribution < 1.29 is 8.42 Å². The summed E-state index contributed by atoms with van der Waals surface area (Å²) >= 11 is 0. The summed E-state index contributed by atoms with van der Waals surface area (Å²) in [5.41, 5.74) is 1.32.